The van der Waals surface area contributed by atoms with Crippen molar-refractivity contribution in [2.75, 3.05) is 0 Å². The van der Waals surface area contributed by atoms with Crippen LogP contribution < -0.4 is 10.5 Å². The molecule has 3 N–H and O–H groups in total. The SMILES string of the molecule is NC(=O)c1ccc([N+](=O)[O-])c(Oc2csc(C(=O)O)c2)c1. The van der Waals surface area contributed by atoms with E-state index in [-0.39, 0.29) is 27.6 Å². The molecule has 1 aromatic carbocycles. The number of nitrogens with two attached hydrogens (primary N) is 1. The first kappa shape index (κ1) is 14.5. The Morgan fingerprint density at radius 2 is 2.05 bits per heavy atom. The average Bonchev–Trinajstić information content (AvgIpc) is 2.87. The van der Waals surface area contributed by atoms with Crippen LogP contribution in [-0.2, 0) is 0 Å². The molecule has 0 bridgehead atoms. The van der Waals surface area contributed by atoms with Crippen LogP contribution in [0.5, 0.6) is 11.5 Å². The number of rotatable bonds is 5. The smallest absolute Gasteiger partial charge is 0.346 e. The van der Waals surface area contributed by atoms with Gasteiger partial charge in [0.1, 0.15) is 10.6 Å². The molecule has 2 rings (SSSR count). The van der Waals surface area contributed by atoms with Gasteiger partial charge in [-0.15, -0.1) is 11.3 Å². The van der Waals surface area contributed by atoms with Crippen LogP contribution in [-0.4, -0.2) is 21.9 Å². The summed E-state index contributed by atoms with van der Waals surface area (Å²) < 4.78 is 5.29. The minimum absolute atomic E-state index is 0.0266. The number of nitrogens with zero attached hydrogens (tertiary/aromatic N) is 1. The number of primary amides is 1. The van der Waals surface area contributed by atoms with Gasteiger partial charge in [-0.1, -0.05) is 0 Å². The first-order valence-corrected chi connectivity index (χ1v) is 6.34. The predicted molar refractivity (Wildman–Crippen MR) is 73.0 cm³/mol. The van der Waals surface area contributed by atoms with Gasteiger partial charge >= 0.3 is 11.7 Å². The number of carboxylic acid groups (broad SMARTS) is 1. The molecule has 8 nitrogen and oxygen atoms in total. The van der Waals surface area contributed by atoms with Crippen LogP contribution in [0, 0.1) is 10.1 Å². The van der Waals surface area contributed by atoms with Gasteiger partial charge in [0.2, 0.25) is 11.7 Å². The zero-order chi connectivity index (χ0) is 15.6. The number of benzene rings is 1. The Bertz CT molecular complexity index is 739. The number of amides is 1. The largest absolute Gasteiger partial charge is 0.477 e. The van der Waals surface area contributed by atoms with E-state index in [0.29, 0.717) is 0 Å². The summed E-state index contributed by atoms with van der Waals surface area (Å²) in [7, 11) is 0. The molecule has 0 unspecified atom stereocenters. The van der Waals surface area contributed by atoms with Gasteiger partial charge < -0.3 is 15.6 Å². The zero-order valence-corrected chi connectivity index (χ0v) is 11.1. The number of thiophene rings is 1. The summed E-state index contributed by atoms with van der Waals surface area (Å²) in [4.78, 5) is 32.1. The molecule has 0 saturated carbocycles. The van der Waals surface area contributed by atoms with Gasteiger partial charge in [0.25, 0.3) is 0 Å². The van der Waals surface area contributed by atoms with Crippen molar-refractivity contribution in [3.05, 3.63) is 50.2 Å². The molecule has 1 aromatic heterocycles. The summed E-state index contributed by atoms with van der Waals surface area (Å²) >= 11 is 0.916. The minimum Gasteiger partial charge on any atom is -0.477 e. The molecule has 1 amide bonds. The van der Waals surface area contributed by atoms with Crippen LogP contribution in [0.2, 0.25) is 0 Å². The lowest BCUT2D eigenvalue weighted by molar-refractivity contribution is -0.385. The molecule has 0 aliphatic carbocycles. The Balaban J connectivity index is 2.40. The highest BCUT2D eigenvalue weighted by Gasteiger charge is 2.19. The quantitative estimate of drug-likeness (QED) is 0.642. The second-order valence-electron chi connectivity index (χ2n) is 3.86. The van der Waals surface area contributed by atoms with E-state index in [1.54, 1.807) is 0 Å². The van der Waals surface area contributed by atoms with Crippen LogP contribution in [0.4, 0.5) is 5.69 Å². The second kappa shape index (κ2) is 5.59. The molecule has 0 fully saturated rings. The minimum atomic E-state index is -1.13. The first-order valence-electron chi connectivity index (χ1n) is 5.46. The van der Waals surface area contributed by atoms with E-state index in [1.165, 1.54) is 17.5 Å². The fourth-order valence-corrected chi connectivity index (χ4v) is 2.16. The number of nitro benzene ring substituents is 1. The highest BCUT2D eigenvalue weighted by Crippen LogP contribution is 2.34. The fourth-order valence-electron chi connectivity index (χ4n) is 1.51. The molecule has 108 valence electrons. The highest BCUT2D eigenvalue weighted by molar-refractivity contribution is 7.12. The second-order valence-corrected chi connectivity index (χ2v) is 4.77. The Labute approximate surface area is 121 Å². The maximum Gasteiger partial charge on any atom is 0.346 e. The van der Waals surface area contributed by atoms with Crippen molar-refractivity contribution in [3.63, 3.8) is 0 Å². The Hall–Kier alpha value is -2.94. The van der Waals surface area contributed by atoms with Gasteiger partial charge in [-0.3, -0.25) is 14.9 Å². The van der Waals surface area contributed by atoms with Crippen molar-refractivity contribution in [1.29, 1.82) is 0 Å². The molecule has 0 atom stereocenters. The number of nitro groups is 1. The Morgan fingerprint density at radius 3 is 2.57 bits per heavy atom. The molecule has 0 radical (unpaired) electrons. The van der Waals surface area contributed by atoms with E-state index in [2.05, 4.69) is 0 Å². The maximum absolute atomic E-state index is 11.1. The number of hydrogen-bond donors (Lipinski definition) is 2. The summed E-state index contributed by atoms with van der Waals surface area (Å²) in [5, 5.41) is 21.1. The average molecular weight is 308 g/mol. The molecule has 1 heterocycles. The number of carbonyl (C=O) groups is 2. The van der Waals surface area contributed by atoms with Crippen molar-refractivity contribution in [2.45, 2.75) is 0 Å². The van der Waals surface area contributed by atoms with E-state index in [4.69, 9.17) is 15.6 Å². The number of carboxylic acids is 1. The lowest BCUT2D eigenvalue weighted by Gasteiger charge is -2.05. The first-order chi connectivity index (χ1) is 9.88. The summed E-state index contributed by atoms with van der Waals surface area (Å²) in [6.45, 7) is 0. The predicted octanol–water partition coefficient (Wildman–Crippen LogP) is 2.25. The van der Waals surface area contributed by atoms with Gasteiger partial charge in [-0.05, 0) is 6.07 Å². The summed E-state index contributed by atoms with van der Waals surface area (Å²) in [6.07, 6.45) is 0. The molecule has 2 aromatic rings. The van der Waals surface area contributed by atoms with Crippen molar-refractivity contribution in [1.82, 2.24) is 0 Å². The number of aromatic carboxylic acids is 1. The van der Waals surface area contributed by atoms with E-state index >= 15 is 0 Å². The van der Waals surface area contributed by atoms with Crippen LogP contribution in [0.3, 0.4) is 0 Å². The summed E-state index contributed by atoms with van der Waals surface area (Å²) in [5.74, 6) is -1.95. The molecule has 9 heteroatoms. The van der Waals surface area contributed by atoms with Gasteiger partial charge in [0.15, 0.2) is 0 Å². The van der Waals surface area contributed by atoms with Crippen molar-refractivity contribution in [3.8, 4) is 11.5 Å². The number of carbonyl (C=O) groups excluding carboxylic acids is 1. The molecular formula is C12H8N2O6S. The van der Waals surface area contributed by atoms with Crippen LogP contribution in [0.1, 0.15) is 20.0 Å². The molecule has 21 heavy (non-hydrogen) atoms. The lowest BCUT2D eigenvalue weighted by Crippen LogP contribution is -2.11. The normalized spacial score (nSPS) is 10.1. The topological polar surface area (TPSA) is 133 Å². The standard InChI is InChI=1S/C12H8N2O6S/c13-11(15)6-1-2-8(14(18)19)9(3-6)20-7-4-10(12(16)17)21-5-7/h1-5H,(H2,13,15)(H,16,17). The molecule has 0 aliphatic heterocycles. The van der Waals surface area contributed by atoms with E-state index in [1.807, 2.05) is 0 Å². The lowest BCUT2D eigenvalue weighted by atomic mass is 10.2. The van der Waals surface area contributed by atoms with Gasteiger partial charge in [-0.25, -0.2) is 4.79 Å². The van der Waals surface area contributed by atoms with E-state index < -0.39 is 16.8 Å². The Kier molecular flexibility index (Phi) is 3.85. The molecule has 0 spiro atoms. The van der Waals surface area contributed by atoms with E-state index in [0.717, 1.165) is 23.5 Å². The van der Waals surface area contributed by atoms with Gasteiger partial charge in [-0.2, -0.15) is 0 Å². The fraction of sp³-hybridized carbons (Fsp3) is 0. The van der Waals surface area contributed by atoms with Crippen LogP contribution in [0.15, 0.2) is 29.6 Å². The maximum atomic E-state index is 11.1. The van der Waals surface area contributed by atoms with Crippen LogP contribution >= 0.6 is 11.3 Å². The Morgan fingerprint density at radius 1 is 1.33 bits per heavy atom. The number of hydrogen-bond acceptors (Lipinski definition) is 6. The zero-order valence-electron chi connectivity index (χ0n) is 10.3. The number of ether oxygens (including phenoxy) is 1. The third-order valence-corrected chi connectivity index (χ3v) is 3.35. The highest BCUT2D eigenvalue weighted by atomic mass is 32.1. The van der Waals surface area contributed by atoms with Crippen LogP contribution in [0.25, 0.3) is 0 Å². The van der Waals surface area contributed by atoms with Gasteiger partial charge in [0, 0.05) is 29.1 Å². The van der Waals surface area contributed by atoms with Crippen molar-refractivity contribution >= 4 is 28.9 Å². The third kappa shape index (κ3) is 3.15. The molecule has 0 aliphatic rings. The summed E-state index contributed by atoms with van der Waals surface area (Å²) in [5.41, 5.74) is 4.79. The molecular weight excluding hydrogens is 300 g/mol. The molecule has 0 saturated heterocycles. The van der Waals surface area contributed by atoms with Crippen molar-refractivity contribution in [2.24, 2.45) is 5.73 Å². The van der Waals surface area contributed by atoms with Crippen molar-refractivity contribution < 1.29 is 24.4 Å². The van der Waals surface area contributed by atoms with E-state index in [9.17, 15) is 19.7 Å². The van der Waals surface area contributed by atoms with Gasteiger partial charge in [0.05, 0.1) is 4.92 Å². The summed E-state index contributed by atoms with van der Waals surface area (Å²) in [6, 6.07) is 4.68. The third-order valence-electron chi connectivity index (χ3n) is 2.46. The monoisotopic (exact) mass is 308 g/mol.